The third-order valence-corrected chi connectivity index (χ3v) is 4.14. The molecule has 1 N–H and O–H groups in total. The van der Waals surface area contributed by atoms with E-state index in [2.05, 4.69) is 48.9 Å². The van der Waals surface area contributed by atoms with Crippen molar-refractivity contribution < 1.29 is 4.79 Å². The zero-order valence-electron chi connectivity index (χ0n) is 12.9. The Balaban J connectivity index is 2.06. The van der Waals surface area contributed by atoms with Crippen LogP contribution < -0.4 is 5.43 Å². The first kappa shape index (κ1) is 15.5. The lowest BCUT2D eigenvalue weighted by atomic mass is 10.2. The van der Waals surface area contributed by atoms with E-state index >= 15 is 0 Å². The first-order valence-electron chi connectivity index (χ1n) is 7.02. The molecule has 0 aromatic carbocycles. The van der Waals surface area contributed by atoms with Gasteiger partial charge in [-0.2, -0.15) is 5.10 Å². The van der Waals surface area contributed by atoms with Gasteiger partial charge in [0.25, 0.3) is 5.91 Å². The summed E-state index contributed by atoms with van der Waals surface area (Å²) >= 11 is 1.40. The second-order valence-electron chi connectivity index (χ2n) is 5.51. The topological polar surface area (TPSA) is 46.4 Å². The van der Waals surface area contributed by atoms with E-state index in [0.717, 1.165) is 12.1 Å². The molecule has 0 unspecified atom stereocenters. The highest BCUT2D eigenvalue weighted by Gasteiger charge is 2.09. The molecule has 2 aromatic heterocycles. The van der Waals surface area contributed by atoms with E-state index in [1.165, 1.54) is 22.7 Å². The number of carbonyl (C=O) groups excluding carboxylic acids is 1. The molecule has 4 nitrogen and oxygen atoms in total. The van der Waals surface area contributed by atoms with Crippen LogP contribution >= 0.6 is 11.3 Å². The van der Waals surface area contributed by atoms with Gasteiger partial charge >= 0.3 is 0 Å². The Morgan fingerprint density at radius 3 is 2.86 bits per heavy atom. The molecule has 2 rings (SSSR count). The first-order valence-corrected chi connectivity index (χ1v) is 7.90. The SMILES string of the molecule is Cc1cc(/C=N\NC(=O)c2cccs2)c(C)n1CC(C)C. The van der Waals surface area contributed by atoms with Crippen molar-refractivity contribution in [1.29, 1.82) is 0 Å². The highest BCUT2D eigenvalue weighted by molar-refractivity contribution is 7.12. The summed E-state index contributed by atoms with van der Waals surface area (Å²) < 4.78 is 2.28. The van der Waals surface area contributed by atoms with Gasteiger partial charge in [0.2, 0.25) is 0 Å². The highest BCUT2D eigenvalue weighted by atomic mass is 32.1. The van der Waals surface area contributed by atoms with E-state index in [4.69, 9.17) is 0 Å². The Bertz CT molecular complexity index is 639. The number of thiophene rings is 1. The Morgan fingerprint density at radius 1 is 1.48 bits per heavy atom. The maximum absolute atomic E-state index is 11.8. The average molecular weight is 303 g/mol. The number of amides is 1. The lowest BCUT2D eigenvalue weighted by molar-refractivity contribution is 0.0959. The molecule has 0 saturated carbocycles. The molecule has 112 valence electrons. The molecule has 1 amide bonds. The van der Waals surface area contributed by atoms with E-state index in [1.54, 1.807) is 12.3 Å². The molecule has 2 heterocycles. The standard InChI is InChI=1S/C16H21N3OS/c1-11(2)10-19-12(3)8-14(13(19)4)9-17-18-16(20)15-6-5-7-21-15/h5-9,11H,10H2,1-4H3,(H,18,20)/b17-9-. The molecule has 0 aliphatic rings. The van der Waals surface area contributed by atoms with Crippen molar-refractivity contribution in [3.63, 3.8) is 0 Å². The molecule has 0 aliphatic carbocycles. The molecule has 5 heteroatoms. The van der Waals surface area contributed by atoms with Gasteiger partial charge in [0.05, 0.1) is 11.1 Å². The van der Waals surface area contributed by atoms with Crippen LogP contribution in [-0.4, -0.2) is 16.7 Å². The Morgan fingerprint density at radius 2 is 2.24 bits per heavy atom. The Hall–Kier alpha value is -1.88. The molecule has 2 aromatic rings. The number of hydrogen-bond donors (Lipinski definition) is 1. The number of hydrazone groups is 1. The van der Waals surface area contributed by atoms with Gasteiger partial charge in [-0.3, -0.25) is 4.79 Å². The smallest absolute Gasteiger partial charge is 0.281 e. The molecule has 21 heavy (non-hydrogen) atoms. The van der Waals surface area contributed by atoms with Crippen LogP contribution in [0.1, 0.15) is 40.5 Å². The fourth-order valence-corrected chi connectivity index (χ4v) is 2.84. The second-order valence-corrected chi connectivity index (χ2v) is 6.46. The van der Waals surface area contributed by atoms with Gasteiger partial charge < -0.3 is 4.57 Å². The normalized spacial score (nSPS) is 11.5. The van der Waals surface area contributed by atoms with Gasteiger partial charge in [-0.25, -0.2) is 5.43 Å². The summed E-state index contributed by atoms with van der Waals surface area (Å²) in [4.78, 5) is 12.4. The number of carbonyl (C=O) groups is 1. The van der Waals surface area contributed by atoms with Crippen LogP contribution in [0.2, 0.25) is 0 Å². The van der Waals surface area contributed by atoms with Crippen molar-refractivity contribution in [3.05, 3.63) is 45.4 Å². The van der Waals surface area contributed by atoms with Crippen molar-refractivity contribution in [2.24, 2.45) is 11.0 Å². The molecule has 0 fully saturated rings. The lowest BCUT2D eigenvalue weighted by Crippen LogP contribution is -2.16. The molecule has 0 bridgehead atoms. The predicted molar refractivity (Wildman–Crippen MR) is 88.1 cm³/mol. The number of aryl methyl sites for hydroxylation is 1. The van der Waals surface area contributed by atoms with E-state index in [1.807, 2.05) is 11.4 Å². The van der Waals surface area contributed by atoms with Crippen molar-refractivity contribution in [2.75, 3.05) is 0 Å². The first-order chi connectivity index (χ1) is 9.99. The summed E-state index contributed by atoms with van der Waals surface area (Å²) in [5, 5.41) is 5.93. The van der Waals surface area contributed by atoms with Crippen LogP contribution in [0.5, 0.6) is 0 Å². The van der Waals surface area contributed by atoms with Gasteiger partial charge in [0, 0.05) is 23.5 Å². The number of nitrogens with one attached hydrogen (secondary N) is 1. The van der Waals surface area contributed by atoms with Gasteiger partial charge in [0.1, 0.15) is 0 Å². The van der Waals surface area contributed by atoms with E-state index in [-0.39, 0.29) is 5.91 Å². The second kappa shape index (κ2) is 6.72. The fraction of sp³-hybridized carbons (Fsp3) is 0.375. The molecule has 0 aliphatic heterocycles. The molecular formula is C16H21N3OS. The summed E-state index contributed by atoms with van der Waals surface area (Å²) in [7, 11) is 0. The number of hydrogen-bond acceptors (Lipinski definition) is 3. The fourth-order valence-electron chi connectivity index (χ4n) is 2.23. The van der Waals surface area contributed by atoms with Crippen molar-refractivity contribution in [2.45, 2.75) is 34.2 Å². The molecular weight excluding hydrogens is 282 g/mol. The summed E-state index contributed by atoms with van der Waals surface area (Å²) in [6, 6.07) is 5.73. The maximum atomic E-state index is 11.8. The van der Waals surface area contributed by atoms with Crippen LogP contribution in [-0.2, 0) is 6.54 Å². The Kier molecular flexibility index (Phi) is 4.96. The summed E-state index contributed by atoms with van der Waals surface area (Å²) in [5.74, 6) is 0.426. The van der Waals surface area contributed by atoms with Crippen LogP contribution in [0.25, 0.3) is 0 Å². The molecule has 0 saturated heterocycles. The molecule has 0 radical (unpaired) electrons. The largest absolute Gasteiger partial charge is 0.348 e. The number of aromatic nitrogens is 1. The van der Waals surface area contributed by atoms with Crippen LogP contribution in [0.3, 0.4) is 0 Å². The minimum Gasteiger partial charge on any atom is -0.348 e. The van der Waals surface area contributed by atoms with Crippen LogP contribution in [0, 0.1) is 19.8 Å². The quantitative estimate of drug-likeness (QED) is 0.666. The molecule has 0 spiro atoms. The minimum absolute atomic E-state index is 0.169. The van der Waals surface area contributed by atoms with Gasteiger partial charge in [-0.15, -0.1) is 11.3 Å². The van der Waals surface area contributed by atoms with Crippen molar-refractivity contribution in [1.82, 2.24) is 9.99 Å². The lowest BCUT2D eigenvalue weighted by Gasteiger charge is -2.11. The highest BCUT2D eigenvalue weighted by Crippen LogP contribution is 2.15. The van der Waals surface area contributed by atoms with E-state index in [0.29, 0.717) is 10.8 Å². The predicted octanol–water partition coefficient (Wildman–Crippen LogP) is 3.59. The average Bonchev–Trinajstić information content (AvgIpc) is 3.03. The van der Waals surface area contributed by atoms with Crippen molar-refractivity contribution in [3.8, 4) is 0 Å². The van der Waals surface area contributed by atoms with Crippen LogP contribution in [0.4, 0.5) is 0 Å². The Labute approximate surface area is 129 Å². The minimum atomic E-state index is -0.169. The third-order valence-electron chi connectivity index (χ3n) is 3.28. The summed E-state index contributed by atoms with van der Waals surface area (Å²) in [6.45, 7) is 9.57. The van der Waals surface area contributed by atoms with E-state index in [9.17, 15) is 4.79 Å². The van der Waals surface area contributed by atoms with Gasteiger partial charge in [-0.1, -0.05) is 19.9 Å². The number of rotatable bonds is 5. The van der Waals surface area contributed by atoms with Gasteiger partial charge in [-0.05, 0) is 37.3 Å². The van der Waals surface area contributed by atoms with Gasteiger partial charge in [0.15, 0.2) is 0 Å². The zero-order valence-corrected chi connectivity index (χ0v) is 13.7. The maximum Gasteiger partial charge on any atom is 0.281 e. The van der Waals surface area contributed by atoms with Crippen molar-refractivity contribution >= 4 is 23.5 Å². The molecule has 0 atom stereocenters. The number of nitrogens with zero attached hydrogens (tertiary/aromatic N) is 2. The van der Waals surface area contributed by atoms with Crippen LogP contribution in [0.15, 0.2) is 28.7 Å². The third kappa shape index (κ3) is 3.82. The zero-order chi connectivity index (χ0) is 15.4. The monoisotopic (exact) mass is 303 g/mol. The summed E-state index contributed by atoms with van der Waals surface area (Å²) in [5.41, 5.74) is 5.99. The summed E-state index contributed by atoms with van der Waals surface area (Å²) in [6.07, 6.45) is 1.71. The van der Waals surface area contributed by atoms with E-state index < -0.39 is 0 Å².